The summed E-state index contributed by atoms with van der Waals surface area (Å²) in [6, 6.07) is 2.51. The van der Waals surface area contributed by atoms with Crippen LogP contribution in [0.3, 0.4) is 0 Å². The van der Waals surface area contributed by atoms with Crippen LogP contribution in [-0.4, -0.2) is 28.2 Å². The number of hydrogen-bond acceptors (Lipinski definition) is 4. The highest BCUT2D eigenvalue weighted by atomic mass is 32.2. The first kappa shape index (κ1) is 20.3. The van der Waals surface area contributed by atoms with E-state index < -0.39 is 34.0 Å². The quantitative estimate of drug-likeness (QED) is 0.586. The summed E-state index contributed by atoms with van der Waals surface area (Å²) in [7, 11) is 0. The lowest BCUT2D eigenvalue weighted by Crippen LogP contribution is -2.34. The van der Waals surface area contributed by atoms with Gasteiger partial charge >= 0.3 is 0 Å². The predicted molar refractivity (Wildman–Crippen MR) is 94.9 cm³/mol. The van der Waals surface area contributed by atoms with Crippen LogP contribution in [0.2, 0.25) is 0 Å². The SMILES string of the molecule is CC(=N[S@+]([O-])C(C)(C)C)c1cc(C2OCC(C)(C)CO2)cc(F)c1F. The number of ether oxygens (including phenoxy) is 2. The molecular formula is C18H25F2NO3S. The third-order valence-electron chi connectivity index (χ3n) is 3.71. The first-order valence-electron chi connectivity index (χ1n) is 8.10. The van der Waals surface area contributed by atoms with Crippen LogP contribution < -0.4 is 0 Å². The molecule has 1 atom stereocenters. The molecule has 0 unspecified atom stereocenters. The van der Waals surface area contributed by atoms with Crippen molar-refractivity contribution in [3.05, 3.63) is 34.9 Å². The van der Waals surface area contributed by atoms with Gasteiger partial charge in [-0.2, -0.15) is 0 Å². The van der Waals surface area contributed by atoms with Crippen molar-refractivity contribution in [2.24, 2.45) is 9.81 Å². The molecule has 140 valence electrons. The minimum absolute atomic E-state index is 0.0374. The highest BCUT2D eigenvalue weighted by molar-refractivity contribution is 7.91. The lowest BCUT2D eigenvalue weighted by atomic mass is 9.95. The summed E-state index contributed by atoms with van der Waals surface area (Å²) >= 11 is -1.57. The average Bonchev–Trinajstić information content (AvgIpc) is 2.48. The zero-order chi connectivity index (χ0) is 19.0. The molecule has 1 aliphatic heterocycles. The Balaban J connectivity index is 2.34. The van der Waals surface area contributed by atoms with Gasteiger partial charge in [-0.1, -0.05) is 18.2 Å². The van der Waals surface area contributed by atoms with Crippen molar-refractivity contribution in [3.63, 3.8) is 0 Å². The maximum Gasteiger partial charge on any atom is 0.183 e. The van der Waals surface area contributed by atoms with Gasteiger partial charge in [0.25, 0.3) is 0 Å². The molecule has 25 heavy (non-hydrogen) atoms. The van der Waals surface area contributed by atoms with Gasteiger partial charge in [-0.05, 0) is 39.8 Å². The second-order valence-corrected chi connectivity index (χ2v) is 9.93. The first-order chi connectivity index (χ1) is 11.4. The maximum absolute atomic E-state index is 14.2. The van der Waals surface area contributed by atoms with Crippen molar-refractivity contribution in [3.8, 4) is 0 Å². The van der Waals surface area contributed by atoms with Crippen molar-refractivity contribution < 1.29 is 22.8 Å². The molecule has 1 aromatic rings. The molecular weight excluding hydrogens is 348 g/mol. The fraction of sp³-hybridized carbons (Fsp3) is 0.611. The molecule has 0 aromatic heterocycles. The van der Waals surface area contributed by atoms with Gasteiger partial charge in [-0.3, -0.25) is 0 Å². The lowest BCUT2D eigenvalue weighted by molar-refractivity contribution is -0.226. The van der Waals surface area contributed by atoms with E-state index in [1.54, 1.807) is 20.8 Å². The van der Waals surface area contributed by atoms with Crippen molar-refractivity contribution in [2.75, 3.05) is 13.2 Å². The molecule has 1 fully saturated rings. The molecule has 1 heterocycles. The normalized spacial score (nSPS) is 20.6. The number of rotatable bonds is 3. The molecule has 0 aliphatic carbocycles. The van der Waals surface area contributed by atoms with Crippen LogP contribution in [0, 0.1) is 17.0 Å². The van der Waals surface area contributed by atoms with E-state index in [1.807, 2.05) is 13.8 Å². The highest BCUT2D eigenvalue weighted by Crippen LogP contribution is 2.32. The topological polar surface area (TPSA) is 53.9 Å². The summed E-state index contributed by atoms with van der Waals surface area (Å²) in [5, 5.41) is 0. The summed E-state index contributed by atoms with van der Waals surface area (Å²) in [6.07, 6.45) is -0.761. The molecule has 0 saturated carbocycles. The second kappa shape index (κ2) is 7.31. The summed E-state index contributed by atoms with van der Waals surface area (Å²) in [5.41, 5.74) is 0.381. The Labute approximate surface area is 150 Å². The van der Waals surface area contributed by atoms with Crippen molar-refractivity contribution >= 4 is 17.1 Å². The molecule has 0 amide bonds. The molecule has 0 radical (unpaired) electrons. The molecule has 7 heteroatoms. The summed E-state index contributed by atoms with van der Waals surface area (Å²) in [6.45, 7) is 11.7. The first-order valence-corrected chi connectivity index (χ1v) is 9.21. The smallest absolute Gasteiger partial charge is 0.183 e. The van der Waals surface area contributed by atoms with Crippen molar-refractivity contribution in [2.45, 2.75) is 52.6 Å². The number of benzene rings is 1. The van der Waals surface area contributed by atoms with Crippen LogP contribution in [0.5, 0.6) is 0 Å². The second-order valence-electron chi connectivity index (χ2n) is 8.02. The number of hydrogen-bond donors (Lipinski definition) is 0. The number of nitrogens with zero attached hydrogens (tertiary/aromatic N) is 1. The standard InChI is InChI=1S/C18H25F2NO3S/c1-11(21-25(22)17(2,3)4)13-7-12(8-14(19)15(13)20)16-23-9-18(5,6)10-24-16/h7-8,16H,9-10H2,1-6H3/t25-/m1/s1. The molecule has 0 spiro atoms. The van der Waals surface area contributed by atoms with Crippen LogP contribution in [0.4, 0.5) is 8.78 Å². The molecule has 0 N–H and O–H groups in total. The third-order valence-corrected chi connectivity index (χ3v) is 5.19. The van der Waals surface area contributed by atoms with Gasteiger partial charge in [-0.15, -0.1) is 0 Å². The number of halogens is 2. The van der Waals surface area contributed by atoms with Crippen molar-refractivity contribution in [1.82, 2.24) is 0 Å². The lowest BCUT2D eigenvalue weighted by Gasteiger charge is -2.34. The van der Waals surface area contributed by atoms with E-state index in [0.717, 1.165) is 6.07 Å². The summed E-state index contributed by atoms with van der Waals surface area (Å²) < 4.78 is 55.2. The summed E-state index contributed by atoms with van der Waals surface area (Å²) in [4.78, 5) is 0. The Kier molecular flexibility index (Phi) is 5.93. The van der Waals surface area contributed by atoms with Crippen LogP contribution in [0.1, 0.15) is 59.0 Å². The van der Waals surface area contributed by atoms with E-state index >= 15 is 0 Å². The van der Waals surface area contributed by atoms with E-state index in [9.17, 15) is 13.3 Å². The monoisotopic (exact) mass is 373 g/mol. The van der Waals surface area contributed by atoms with Gasteiger partial charge in [0.05, 0.1) is 18.9 Å². The van der Waals surface area contributed by atoms with E-state index in [0.29, 0.717) is 18.8 Å². The Bertz CT molecular complexity index is 661. The third kappa shape index (κ3) is 5.00. The van der Waals surface area contributed by atoms with Gasteiger partial charge in [0, 0.05) is 16.5 Å². The molecule has 2 rings (SSSR count). The molecule has 1 saturated heterocycles. The van der Waals surface area contributed by atoms with Crippen LogP contribution in [0.25, 0.3) is 0 Å². The van der Waals surface area contributed by atoms with Crippen molar-refractivity contribution in [1.29, 1.82) is 0 Å². The van der Waals surface area contributed by atoms with Gasteiger partial charge in [0.1, 0.15) is 16.1 Å². The minimum atomic E-state index is -1.57. The molecule has 1 aliphatic rings. The Morgan fingerprint density at radius 3 is 2.32 bits per heavy atom. The highest BCUT2D eigenvalue weighted by Gasteiger charge is 2.31. The maximum atomic E-state index is 14.2. The zero-order valence-corrected chi connectivity index (χ0v) is 16.3. The molecule has 4 nitrogen and oxygen atoms in total. The Hall–Kier alpha value is -1.02. The zero-order valence-electron chi connectivity index (χ0n) is 15.5. The van der Waals surface area contributed by atoms with Gasteiger partial charge < -0.3 is 14.0 Å². The Morgan fingerprint density at radius 2 is 1.80 bits per heavy atom. The largest absolute Gasteiger partial charge is 0.591 e. The Morgan fingerprint density at radius 1 is 1.24 bits per heavy atom. The fourth-order valence-corrected chi connectivity index (χ4v) is 2.83. The van der Waals surface area contributed by atoms with Crippen LogP contribution >= 0.6 is 0 Å². The predicted octanol–water partition coefficient (Wildman–Crippen LogP) is 4.31. The van der Waals surface area contributed by atoms with E-state index in [1.165, 1.54) is 13.0 Å². The van der Waals surface area contributed by atoms with E-state index in [2.05, 4.69) is 4.40 Å². The summed E-state index contributed by atoms with van der Waals surface area (Å²) in [5.74, 6) is -2.03. The van der Waals surface area contributed by atoms with E-state index in [-0.39, 0.29) is 16.7 Å². The van der Waals surface area contributed by atoms with Gasteiger partial charge in [0.15, 0.2) is 17.9 Å². The fourth-order valence-electron chi connectivity index (χ4n) is 2.20. The molecule has 1 aromatic carbocycles. The average molecular weight is 373 g/mol. The van der Waals surface area contributed by atoms with Crippen LogP contribution in [0.15, 0.2) is 16.5 Å². The van der Waals surface area contributed by atoms with Crippen LogP contribution in [-0.2, 0) is 20.8 Å². The van der Waals surface area contributed by atoms with Gasteiger partial charge in [0.2, 0.25) is 0 Å². The molecule has 0 bridgehead atoms. The van der Waals surface area contributed by atoms with Gasteiger partial charge in [-0.25, -0.2) is 8.78 Å². The minimum Gasteiger partial charge on any atom is -0.591 e. The van der Waals surface area contributed by atoms with E-state index in [4.69, 9.17) is 9.47 Å².